The van der Waals surface area contributed by atoms with Gasteiger partial charge in [0.1, 0.15) is 5.69 Å². The fourth-order valence-corrected chi connectivity index (χ4v) is 2.54. The zero-order valence-corrected chi connectivity index (χ0v) is 13.3. The molecular formula is C13H10Cl2N4OS. The zero-order chi connectivity index (χ0) is 15.0. The maximum atomic E-state index is 6.40. The van der Waals surface area contributed by atoms with Crippen LogP contribution in [0.2, 0.25) is 10.0 Å². The van der Waals surface area contributed by atoms with Crippen molar-refractivity contribution in [3.05, 3.63) is 44.8 Å². The van der Waals surface area contributed by atoms with Crippen LogP contribution >= 0.6 is 35.4 Å². The van der Waals surface area contributed by atoms with E-state index in [-0.39, 0.29) is 4.84 Å². The molecule has 0 spiro atoms. The van der Waals surface area contributed by atoms with Gasteiger partial charge in [-0.1, -0.05) is 30.1 Å². The smallest absolute Gasteiger partial charge is 0.284 e. The molecule has 0 aliphatic carbocycles. The Morgan fingerprint density at radius 1 is 1.29 bits per heavy atom. The van der Waals surface area contributed by atoms with Gasteiger partial charge in [0.2, 0.25) is 0 Å². The van der Waals surface area contributed by atoms with Gasteiger partial charge in [0.15, 0.2) is 0 Å². The molecule has 1 aromatic carbocycles. The molecular weight excluding hydrogens is 331 g/mol. The lowest BCUT2D eigenvalue weighted by molar-refractivity contribution is 0.547. The van der Waals surface area contributed by atoms with Gasteiger partial charge in [0.05, 0.1) is 16.4 Å². The first-order valence-corrected chi connectivity index (χ1v) is 7.35. The molecule has 8 heteroatoms. The Morgan fingerprint density at radius 2 is 2.00 bits per heavy atom. The maximum absolute atomic E-state index is 6.40. The Hall–Kier alpha value is -1.63. The van der Waals surface area contributed by atoms with Crippen LogP contribution in [0.5, 0.6) is 0 Å². The number of halogens is 2. The molecule has 3 aromatic rings. The fourth-order valence-electron chi connectivity index (χ4n) is 1.95. The number of aromatic nitrogens is 4. The average molecular weight is 341 g/mol. The van der Waals surface area contributed by atoms with Gasteiger partial charge in [-0.05, 0) is 42.9 Å². The summed E-state index contributed by atoms with van der Waals surface area (Å²) in [6, 6.07) is 7.25. The predicted octanol–water partition coefficient (Wildman–Crippen LogP) is 4.45. The van der Waals surface area contributed by atoms with Crippen molar-refractivity contribution in [3.8, 4) is 17.3 Å². The summed E-state index contributed by atoms with van der Waals surface area (Å²) >= 11 is 17.2. The van der Waals surface area contributed by atoms with Gasteiger partial charge >= 0.3 is 0 Å². The molecule has 0 radical (unpaired) electrons. The lowest BCUT2D eigenvalue weighted by Gasteiger charge is -2.04. The molecule has 1 N–H and O–H groups in total. The summed E-state index contributed by atoms with van der Waals surface area (Å²) in [5, 5.41) is 12.3. The Kier molecular flexibility index (Phi) is 3.84. The summed E-state index contributed by atoms with van der Waals surface area (Å²) in [6.45, 7) is 1.98. The molecule has 5 nitrogen and oxygen atoms in total. The minimum Gasteiger partial charge on any atom is -0.408 e. The van der Waals surface area contributed by atoms with Gasteiger partial charge in [0.25, 0.3) is 10.7 Å². The van der Waals surface area contributed by atoms with E-state index in [1.165, 1.54) is 0 Å². The van der Waals surface area contributed by atoms with Crippen LogP contribution in [0.4, 0.5) is 0 Å². The molecule has 0 bridgehead atoms. The standard InChI is InChI=1S/C13H10Cl2N4OS/c1-2-9-10(15)11(12-16-17-13(21)20-12)19(18-9)8-5-3-7(14)4-6-8/h3-6H,2H2,1H3,(H,17,21). The second-order valence-electron chi connectivity index (χ2n) is 4.27. The van der Waals surface area contributed by atoms with Gasteiger partial charge in [-0.2, -0.15) is 5.10 Å². The van der Waals surface area contributed by atoms with Crippen molar-refractivity contribution in [2.45, 2.75) is 13.3 Å². The van der Waals surface area contributed by atoms with Crippen LogP contribution < -0.4 is 0 Å². The summed E-state index contributed by atoms with van der Waals surface area (Å²) < 4.78 is 7.04. The van der Waals surface area contributed by atoms with E-state index in [0.717, 1.165) is 11.4 Å². The zero-order valence-electron chi connectivity index (χ0n) is 10.9. The second kappa shape index (κ2) is 5.63. The number of benzene rings is 1. The first kappa shape index (κ1) is 14.3. The van der Waals surface area contributed by atoms with Crippen LogP contribution in [0.25, 0.3) is 17.3 Å². The van der Waals surface area contributed by atoms with E-state index in [9.17, 15) is 0 Å². The Labute approximate surface area is 135 Å². The predicted molar refractivity (Wildman–Crippen MR) is 83.6 cm³/mol. The van der Waals surface area contributed by atoms with E-state index in [4.69, 9.17) is 39.8 Å². The molecule has 21 heavy (non-hydrogen) atoms. The normalized spacial score (nSPS) is 11.0. The molecule has 0 unspecified atom stereocenters. The summed E-state index contributed by atoms with van der Waals surface area (Å²) in [5.41, 5.74) is 2.12. The van der Waals surface area contributed by atoms with E-state index in [0.29, 0.717) is 28.1 Å². The van der Waals surface area contributed by atoms with Crippen LogP contribution in [0.1, 0.15) is 12.6 Å². The molecule has 0 saturated carbocycles. The van der Waals surface area contributed by atoms with Crippen LogP contribution in [0.15, 0.2) is 28.7 Å². The number of rotatable bonds is 3. The fraction of sp³-hybridized carbons (Fsp3) is 0.154. The number of nitrogens with one attached hydrogen (secondary N) is 1. The summed E-state index contributed by atoms with van der Waals surface area (Å²) in [7, 11) is 0. The average Bonchev–Trinajstić information content (AvgIpc) is 3.03. The number of aryl methyl sites for hydroxylation is 1. The summed E-state index contributed by atoms with van der Waals surface area (Å²) in [6.07, 6.45) is 0.692. The molecule has 108 valence electrons. The lowest BCUT2D eigenvalue weighted by Crippen LogP contribution is -1.99. The van der Waals surface area contributed by atoms with Crippen molar-refractivity contribution in [1.82, 2.24) is 20.0 Å². The molecule has 0 aliphatic rings. The molecule has 0 atom stereocenters. The van der Waals surface area contributed by atoms with Crippen LogP contribution in [-0.4, -0.2) is 20.0 Å². The Balaban J connectivity index is 2.24. The quantitative estimate of drug-likeness (QED) is 0.715. The van der Waals surface area contributed by atoms with Crippen molar-refractivity contribution < 1.29 is 4.42 Å². The van der Waals surface area contributed by atoms with E-state index in [2.05, 4.69) is 15.3 Å². The van der Waals surface area contributed by atoms with Crippen molar-refractivity contribution in [2.75, 3.05) is 0 Å². The molecule has 0 amide bonds. The van der Waals surface area contributed by atoms with Gasteiger partial charge in [0, 0.05) is 5.02 Å². The summed E-state index contributed by atoms with van der Waals surface area (Å²) in [4.78, 5) is 0.183. The number of hydrogen-bond donors (Lipinski definition) is 1. The van der Waals surface area contributed by atoms with Gasteiger partial charge in [-0.25, -0.2) is 9.78 Å². The minimum absolute atomic E-state index is 0.183. The molecule has 3 rings (SSSR count). The van der Waals surface area contributed by atoms with E-state index in [1.807, 2.05) is 19.1 Å². The van der Waals surface area contributed by atoms with Crippen molar-refractivity contribution in [1.29, 1.82) is 0 Å². The molecule has 0 aliphatic heterocycles. The third-order valence-corrected chi connectivity index (χ3v) is 3.76. The molecule has 2 heterocycles. The third kappa shape index (κ3) is 2.62. The Bertz CT molecular complexity index is 835. The third-order valence-electron chi connectivity index (χ3n) is 2.94. The van der Waals surface area contributed by atoms with Gasteiger partial charge in [-0.3, -0.25) is 0 Å². The molecule has 2 aromatic heterocycles. The number of aromatic amines is 1. The topological polar surface area (TPSA) is 59.6 Å². The first-order valence-electron chi connectivity index (χ1n) is 6.19. The highest BCUT2D eigenvalue weighted by molar-refractivity contribution is 7.71. The van der Waals surface area contributed by atoms with Crippen molar-refractivity contribution in [3.63, 3.8) is 0 Å². The van der Waals surface area contributed by atoms with E-state index in [1.54, 1.807) is 16.8 Å². The van der Waals surface area contributed by atoms with Crippen LogP contribution in [-0.2, 0) is 6.42 Å². The van der Waals surface area contributed by atoms with E-state index < -0.39 is 0 Å². The highest BCUT2D eigenvalue weighted by Crippen LogP contribution is 2.32. The van der Waals surface area contributed by atoms with Gasteiger partial charge in [-0.15, -0.1) is 5.10 Å². The molecule has 0 saturated heterocycles. The lowest BCUT2D eigenvalue weighted by atomic mass is 10.3. The van der Waals surface area contributed by atoms with Crippen LogP contribution in [0, 0.1) is 4.84 Å². The van der Waals surface area contributed by atoms with Gasteiger partial charge < -0.3 is 4.42 Å². The highest BCUT2D eigenvalue weighted by atomic mass is 35.5. The molecule has 0 fully saturated rings. The SMILES string of the molecule is CCc1nn(-c2ccc(Cl)cc2)c(-c2n[nH]c(=S)o2)c1Cl. The first-order chi connectivity index (χ1) is 10.1. The van der Waals surface area contributed by atoms with Crippen molar-refractivity contribution >= 4 is 35.4 Å². The van der Waals surface area contributed by atoms with Crippen molar-refractivity contribution in [2.24, 2.45) is 0 Å². The minimum atomic E-state index is 0.183. The maximum Gasteiger partial charge on any atom is 0.284 e. The second-order valence-corrected chi connectivity index (χ2v) is 5.45. The monoisotopic (exact) mass is 340 g/mol. The van der Waals surface area contributed by atoms with E-state index >= 15 is 0 Å². The Morgan fingerprint density at radius 3 is 2.57 bits per heavy atom. The largest absolute Gasteiger partial charge is 0.408 e. The number of H-pyrrole nitrogens is 1. The number of nitrogens with zero attached hydrogens (tertiary/aromatic N) is 3. The summed E-state index contributed by atoms with van der Waals surface area (Å²) in [5.74, 6) is 0.298. The highest BCUT2D eigenvalue weighted by Gasteiger charge is 2.21. The number of hydrogen-bond acceptors (Lipinski definition) is 4. The van der Waals surface area contributed by atoms with Crippen LogP contribution in [0.3, 0.4) is 0 Å².